The molecular formula is C12H9Br2Cl2N3. The Morgan fingerprint density at radius 3 is 2.63 bits per heavy atom. The lowest BCUT2D eigenvalue weighted by Gasteiger charge is -2.19. The van der Waals surface area contributed by atoms with Gasteiger partial charge in [-0.3, -0.25) is 10.8 Å². The van der Waals surface area contributed by atoms with Crippen LogP contribution in [0.5, 0.6) is 0 Å². The number of hydrogen-bond donors (Lipinski definition) is 2. The third kappa shape index (κ3) is 3.29. The van der Waals surface area contributed by atoms with Gasteiger partial charge in [-0.2, -0.15) is 0 Å². The van der Waals surface area contributed by atoms with Gasteiger partial charge in [0.15, 0.2) is 0 Å². The van der Waals surface area contributed by atoms with Crippen molar-refractivity contribution in [3.05, 3.63) is 60.7 Å². The molecule has 0 fully saturated rings. The number of hydrogen-bond acceptors (Lipinski definition) is 3. The van der Waals surface area contributed by atoms with E-state index in [-0.39, 0.29) is 6.04 Å². The van der Waals surface area contributed by atoms with Crippen molar-refractivity contribution in [3.63, 3.8) is 0 Å². The number of nitrogens with zero attached hydrogens (tertiary/aromatic N) is 1. The maximum atomic E-state index is 6.22. The Bertz CT molecular complexity index is 608. The zero-order chi connectivity index (χ0) is 14.0. The van der Waals surface area contributed by atoms with Gasteiger partial charge in [0.1, 0.15) is 0 Å². The molecule has 1 aromatic carbocycles. The number of nitrogens with two attached hydrogens (primary N) is 1. The molecule has 1 heterocycles. The zero-order valence-electron chi connectivity index (χ0n) is 9.50. The molecule has 7 heteroatoms. The number of halogens is 4. The van der Waals surface area contributed by atoms with Gasteiger partial charge in [0.2, 0.25) is 0 Å². The third-order valence-corrected chi connectivity index (χ3v) is 4.47. The number of hydrazine groups is 1. The first-order valence-corrected chi connectivity index (χ1v) is 7.59. The van der Waals surface area contributed by atoms with Gasteiger partial charge >= 0.3 is 0 Å². The van der Waals surface area contributed by atoms with Crippen LogP contribution in [0.2, 0.25) is 10.0 Å². The van der Waals surface area contributed by atoms with Gasteiger partial charge in [-0.15, -0.1) is 0 Å². The molecule has 0 radical (unpaired) electrons. The molecular weight excluding hydrogens is 417 g/mol. The minimum Gasteiger partial charge on any atom is -0.271 e. The Kier molecular flexibility index (Phi) is 5.22. The van der Waals surface area contributed by atoms with Crippen LogP contribution < -0.4 is 11.3 Å². The topological polar surface area (TPSA) is 50.9 Å². The van der Waals surface area contributed by atoms with Crippen LogP contribution in [0.4, 0.5) is 0 Å². The summed E-state index contributed by atoms with van der Waals surface area (Å²) in [5.74, 6) is 5.64. The predicted octanol–water partition coefficient (Wildman–Crippen LogP) is 4.47. The van der Waals surface area contributed by atoms with E-state index in [2.05, 4.69) is 42.3 Å². The smallest absolute Gasteiger partial charge is 0.0907 e. The Morgan fingerprint density at radius 1 is 1.26 bits per heavy atom. The average molecular weight is 426 g/mol. The van der Waals surface area contributed by atoms with E-state index in [0.717, 1.165) is 20.2 Å². The molecule has 0 spiro atoms. The van der Waals surface area contributed by atoms with Crippen molar-refractivity contribution in [3.8, 4) is 0 Å². The Balaban J connectivity index is 2.53. The first-order chi connectivity index (χ1) is 9.04. The average Bonchev–Trinajstić information content (AvgIpc) is 2.37. The van der Waals surface area contributed by atoms with Crippen molar-refractivity contribution in [2.24, 2.45) is 5.84 Å². The number of pyridine rings is 1. The number of rotatable bonds is 3. The molecule has 1 atom stereocenters. The monoisotopic (exact) mass is 423 g/mol. The summed E-state index contributed by atoms with van der Waals surface area (Å²) in [5, 5.41) is 0.941. The standard InChI is InChI=1S/C12H9Br2Cl2N3/c13-6-4-8(14)12(18-5-6)11(19-17)7-2-1-3-9(15)10(7)16/h1-5,11,19H,17H2. The van der Waals surface area contributed by atoms with E-state index in [9.17, 15) is 0 Å². The number of aromatic nitrogens is 1. The minimum absolute atomic E-state index is 0.353. The summed E-state index contributed by atoms with van der Waals surface area (Å²) < 4.78 is 1.69. The third-order valence-electron chi connectivity index (χ3n) is 2.57. The summed E-state index contributed by atoms with van der Waals surface area (Å²) in [6.07, 6.45) is 1.70. The van der Waals surface area contributed by atoms with Gasteiger partial charge in [0, 0.05) is 15.1 Å². The second kappa shape index (κ2) is 6.52. The Hall–Kier alpha value is -0.170. The molecule has 0 bridgehead atoms. The molecule has 3 N–H and O–H groups in total. The van der Waals surface area contributed by atoms with Crippen LogP contribution in [-0.4, -0.2) is 4.98 Å². The molecule has 0 aliphatic heterocycles. The quantitative estimate of drug-likeness (QED) is 0.563. The van der Waals surface area contributed by atoms with Crippen molar-refractivity contribution in [2.75, 3.05) is 0 Å². The minimum atomic E-state index is -0.353. The van der Waals surface area contributed by atoms with Crippen LogP contribution in [-0.2, 0) is 0 Å². The van der Waals surface area contributed by atoms with Crippen molar-refractivity contribution in [2.45, 2.75) is 6.04 Å². The summed E-state index contributed by atoms with van der Waals surface area (Å²) >= 11 is 19.1. The van der Waals surface area contributed by atoms with Gasteiger partial charge < -0.3 is 0 Å². The lowest BCUT2D eigenvalue weighted by atomic mass is 10.0. The van der Waals surface area contributed by atoms with Crippen LogP contribution in [0.15, 0.2) is 39.4 Å². The SMILES string of the molecule is NNC(c1cccc(Cl)c1Cl)c1ncc(Br)cc1Br. The molecule has 1 unspecified atom stereocenters. The number of nitrogens with one attached hydrogen (secondary N) is 1. The fourth-order valence-electron chi connectivity index (χ4n) is 1.70. The maximum absolute atomic E-state index is 6.22. The molecule has 0 aliphatic carbocycles. The summed E-state index contributed by atoms with van der Waals surface area (Å²) in [5.41, 5.74) is 4.21. The molecule has 0 amide bonds. The molecule has 0 aliphatic rings. The van der Waals surface area contributed by atoms with Crippen molar-refractivity contribution < 1.29 is 0 Å². The fraction of sp³-hybridized carbons (Fsp3) is 0.0833. The molecule has 2 aromatic rings. The summed E-state index contributed by atoms with van der Waals surface area (Å²) in [6, 6.07) is 6.94. The highest BCUT2D eigenvalue weighted by Gasteiger charge is 2.20. The second-order valence-corrected chi connectivity index (χ2v) is 6.32. The van der Waals surface area contributed by atoms with Crippen LogP contribution in [0.1, 0.15) is 17.3 Å². The highest BCUT2D eigenvalue weighted by atomic mass is 79.9. The maximum Gasteiger partial charge on any atom is 0.0907 e. The van der Waals surface area contributed by atoms with E-state index in [1.807, 2.05) is 18.2 Å². The fourth-order valence-corrected chi connectivity index (χ4v) is 3.33. The zero-order valence-corrected chi connectivity index (χ0v) is 14.2. The molecule has 2 rings (SSSR count). The first kappa shape index (κ1) is 15.2. The van der Waals surface area contributed by atoms with Gasteiger partial charge in [0.05, 0.1) is 21.8 Å². The Labute approximate surface area is 137 Å². The van der Waals surface area contributed by atoms with E-state index in [4.69, 9.17) is 29.0 Å². The predicted molar refractivity (Wildman–Crippen MR) is 85.3 cm³/mol. The van der Waals surface area contributed by atoms with Crippen molar-refractivity contribution >= 4 is 55.1 Å². The van der Waals surface area contributed by atoms with E-state index in [1.54, 1.807) is 12.3 Å². The summed E-state index contributed by atoms with van der Waals surface area (Å²) in [7, 11) is 0. The van der Waals surface area contributed by atoms with Crippen LogP contribution in [0.25, 0.3) is 0 Å². The lowest BCUT2D eigenvalue weighted by Crippen LogP contribution is -2.30. The van der Waals surface area contributed by atoms with Crippen LogP contribution in [0, 0.1) is 0 Å². The summed E-state index contributed by atoms with van der Waals surface area (Å²) in [4.78, 5) is 4.36. The molecule has 19 heavy (non-hydrogen) atoms. The van der Waals surface area contributed by atoms with Gasteiger partial charge in [0.25, 0.3) is 0 Å². The molecule has 0 saturated carbocycles. The van der Waals surface area contributed by atoms with Crippen molar-refractivity contribution in [1.82, 2.24) is 10.4 Å². The highest BCUT2D eigenvalue weighted by molar-refractivity contribution is 9.11. The largest absolute Gasteiger partial charge is 0.271 e. The summed E-state index contributed by atoms with van der Waals surface area (Å²) in [6.45, 7) is 0. The molecule has 1 aromatic heterocycles. The van der Waals surface area contributed by atoms with E-state index in [0.29, 0.717) is 10.0 Å². The van der Waals surface area contributed by atoms with Crippen LogP contribution >= 0.6 is 55.1 Å². The first-order valence-electron chi connectivity index (χ1n) is 5.25. The van der Waals surface area contributed by atoms with Crippen molar-refractivity contribution in [1.29, 1.82) is 0 Å². The lowest BCUT2D eigenvalue weighted by molar-refractivity contribution is 0.618. The molecule has 0 saturated heterocycles. The Morgan fingerprint density at radius 2 is 2.00 bits per heavy atom. The normalized spacial score (nSPS) is 12.5. The molecule has 100 valence electrons. The van der Waals surface area contributed by atoms with Gasteiger partial charge in [-0.25, -0.2) is 5.43 Å². The van der Waals surface area contributed by atoms with Gasteiger partial charge in [-0.1, -0.05) is 35.3 Å². The van der Waals surface area contributed by atoms with E-state index >= 15 is 0 Å². The number of benzene rings is 1. The molecule has 3 nitrogen and oxygen atoms in total. The highest BCUT2D eigenvalue weighted by Crippen LogP contribution is 2.35. The van der Waals surface area contributed by atoms with E-state index in [1.165, 1.54) is 0 Å². The van der Waals surface area contributed by atoms with Crippen LogP contribution in [0.3, 0.4) is 0 Å². The van der Waals surface area contributed by atoms with Gasteiger partial charge in [-0.05, 0) is 49.6 Å². The second-order valence-electron chi connectivity index (χ2n) is 3.76. The van der Waals surface area contributed by atoms with E-state index < -0.39 is 0 Å².